The predicted octanol–water partition coefficient (Wildman–Crippen LogP) is 4.29. The van der Waals surface area contributed by atoms with Gasteiger partial charge in [0.2, 0.25) is 0 Å². The number of nitrogens with one attached hydrogen (secondary N) is 1. The summed E-state index contributed by atoms with van der Waals surface area (Å²) < 4.78 is 22.4. The van der Waals surface area contributed by atoms with Crippen LogP contribution in [0.1, 0.15) is 55.6 Å². The first kappa shape index (κ1) is 32.4. The van der Waals surface area contributed by atoms with Crippen LogP contribution in [0.3, 0.4) is 0 Å². The molecule has 236 valence electrons. The Balaban J connectivity index is 1.63. The number of phenols is 1. The van der Waals surface area contributed by atoms with Crippen LogP contribution in [-0.4, -0.2) is 58.8 Å². The molecule has 12 nitrogen and oxygen atoms in total. The highest BCUT2D eigenvalue weighted by Crippen LogP contribution is 2.42. The largest absolute Gasteiger partial charge is 0.508 e. The lowest BCUT2D eigenvalue weighted by Gasteiger charge is -2.47. The van der Waals surface area contributed by atoms with E-state index in [0.717, 1.165) is 5.57 Å². The number of carbonyl (C=O) groups is 2. The summed E-state index contributed by atoms with van der Waals surface area (Å²) in [5, 5.41) is 34.8. The predicted molar refractivity (Wildman–Crippen MR) is 162 cm³/mol. The van der Waals surface area contributed by atoms with Crippen molar-refractivity contribution in [3.8, 4) is 17.2 Å². The summed E-state index contributed by atoms with van der Waals surface area (Å²) in [5.74, 6) is -0.907. The van der Waals surface area contributed by atoms with Crippen LogP contribution in [0.4, 0.5) is 10.5 Å². The number of methoxy groups -OCH3 is 1. The number of rotatable bonds is 8. The molecule has 0 unspecified atom stereocenters. The zero-order valence-electron chi connectivity index (χ0n) is 25.5. The molecule has 44 heavy (non-hydrogen) atoms. The molecule has 3 aromatic rings. The number of fused-ring (bicyclic) bond motifs is 1. The lowest BCUT2D eigenvalue weighted by atomic mass is 9.70. The van der Waals surface area contributed by atoms with Gasteiger partial charge in [0, 0.05) is 18.2 Å². The Hall–Kier alpha value is -4.55. The summed E-state index contributed by atoms with van der Waals surface area (Å²) in [4.78, 5) is 37.6. The number of aryl methyl sites for hydroxylation is 1. The quantitative estimate of drug-likeness (QED) is 0.182. The van der Waals surface area contributed by atoms with E-state index in [-0.39, 0.29) is 28.0 Å². The van der Waals surface area contributed by atoms with Gasteiger partial charge in [-0.15, -0.1) is 0 Å². The van der Waals surface area contributed by atoms with Crippen molar-refractivity contribution in [2.75, 3.05) is 12.4 Å². The van der Waals surface area contributed by atoms with Gasteiger partial charge in [0.1, 0.15) is 35.4 Å². The van der Waals surface area contributed by atoms with Gasteiger partial charge in [0.05, 0.1) is 5.39 Å². The molecule has 0 saturated heterocycles. The zero-order chi connectivity index (χ0) is 32.5. The number of primary amides is 1. The number of amides is 2. The fourth-order valence-corrected chi connectivity index (χ4v) is 5.58. The van der Waals surface area contributed by atoms with Crippen molar-refractivity contribution >= 4 is 28.7 Å². The molecule has 1 aliphatic carbocycles. The second-order valence-electron chi connectivity index (χ2n) is 11.9. The maximum absolute atomic E-state index is 13.0. The van der Waals surface area contributed by atoms with Crippen LogP contribution >= 0.6 is 0 Å². The maximum Gasteiger partial charge on any atom is 0.404 e. The third kappa shape index (κ3) is 6.51. The number of ether oxygens (including phenoxy) is 3. The molecule has 0 aliphatic heterocycles. The molecule has 2 aromatic carbocycles. The molecule has 12 heteroatoms. The van der Waals surface area contributed by atoms with E-state index >= 15 is 0 Å². The Labute approximate surface area is 254 Å². The van der Waals surface area contributed by atoms with E-state index in [4.69, 9.17) is 24.4 Å². The standard InChI is InChI=1S/C32H38N2O10/c1-15(2)7-8-17-13-18(9-11-20(17)35)29(38)34-23-24(36)19-10-12-21(16(3)26(19)43-30(23)39)42-22-14-32(4,5)28(41-6)27(25(22)37)44-31(33)40/h7,9-13,22,25,27-28,35-37H,8,14H2,1-6H3,(H2,33,40)(H,34,38)/t22-,25+,27+,28+/m0/s1. The molecular formula is C32H38N2O10. The van der Waals surface area contributed by atoms with Crippen LogP contribution in [-0.2, 0) is 15.9 Å². The smallest absolute Gasteiger partial charge is 0.404 e. The van der Waals surface area contributed by atoms with Crippen molar-refractivity contribution in [3.05, 3.63) is 69.1 Å². The van der Waals surface area contributed by atoms with Gasteiger partial charge in [-0.3, -0.25) is 4.79 Å². The lowest BCUT2D eigenvalue weighted by molar-refractivity contribution is -0.183. The van der Waals surface area contributed by atoms with Gasteiger partial charge in [-0.1, -0.05) is 25.5 Å². The second kappa shape index (κ2) is 12.6. The Bertz CT molecular complexity index is 1670. The van der Waals surface area contributed by atoms with Crippen LogP contribution in [0.2, 0.25) is 0 Å². The fourth-order valence-electron chi connectivity index (χ4n) is 5.58. The van der Waals surface area contributed by atoms with Crippen molar-refractivity contribution in [2.24, 2.45) is 11.1 Å². The number of phenolic OH excluding ortho intramolecular Hbond substituents is 1. The Kier molecular flexibility index (Phi) is 9.26. The monoisotopic (exact) mass is 610 g/mol. The molecule has 4 atom stereocenters. The van der Waals surface area contributed by atoms with Crippen molar-refractivity contribution in [2.45, 2.75) is 71.9 Å². The molecule has 6 N–H and O–H groups in total. The highest BCUT2D eigenvalue weighted by molar-refractivity contribution is 6.06. The molecule has 0 radical (unpaired) electrons. The lowest BCUT2D eigenvalue weighted by Crippen LogP contribution is -2.60. The number of anilines is 1. The third-order valence-electron chi connectivity index (χ3n) is 7.86. The average Bonchev–Trinajstić information content (AvgIpc) is 2.94. The van der Waals surface area contributed by atoms with Gasteiger partial charge in [-0.05, 0) is 74.9 Å². The van der Waals surface area contributed by atoms with Crippen LogP contribution in [0.5, 0.6) is 17.2 Å². The number of allylic oxidation sites excluding steroid dienone is 2. The van der Waals surface area contributed by atoms with Gasteiger partial charge in [-0.25, -0.2) is 9.59 Å². The molecule has 1 aromatic heterocycles. The first-order chi connectivity index (χ1) is 20.6. The molecule has 1 heterocycles. The topological polar surface area (TPSA) is 191 Å². The molecular weight excluding hydrogens is 572 g/mol. The molecule has 1 aliphatic rings. The molecule has 0 bridgehead atoms. The number of nitrogens with two attached hydrogens (primary N) is 1. The van der Waals surface area contributed by atoms with Crippen molar-refractivity contribution in [1.29, 1.82) is 0 Å². The van der Waals surface area contributed by atoms with Gasteiger partial charge in [0.25, 0.3) is 5.91 Å². The minimum atomic E-state index is -1.30. The SMILES string of the molecule is CO[C@@H]1[C@H](OC(N)=O)[C@H](O)[C@@H](Oc2ccc3c(O)c(NC(=O)c4ccc(O)c(CC=C(C)C)c4)c(=O)oc3c2C)CC1(C)C. The van der Waals surface area contributed by atoms with E-state index in [1.54, 1.807) is 6.92 Å². The maximum atomic E-state index is 13.0. The summed E-state index contributed by atoms with van der Waals surface area (Å²) >= 11 is 0. The van der Waals surface area contributed by atoms with E-state index in [2.05, 4.69) is 5.32 Å². The fraction of sp³-hybridized carbons (Fsp3) is 0.406. The third-order valence-corrected chi connectivity index (χ3v) is 7.86. The molecule has 4 rings (SSSR count). The number of aromatic hydroxyl groups is 2. The van der Waals surface area contributed by atoms with Crippen LogP contribution in [0, 0.1) is 12.3 Å². The number of aliphatic hydroxyl groups excluding tert-OH is 1. The molecule has 0 spiro atoms. The highest BCUT2D eigenvalue weighted by atomic mass is 16.6. The van der Waals surface area contributed by atoms with Gasteiger partial charge < -0.3 is 45.0 Å². The van der Waals surface area contributed by atoms with Gasteiger partial charge in [0.15, 0.2) is 17.5 Å². The Morgan fingerprint density at radius 3 is 2.52 bits per heavy atom. The number of carbonyl (C=O) groups excluding carboxylic acids is 2. The summed E-state index contributed by atoms with van der Waals surface area (Å²) in [6.07, 6.45) is -2.35. The van der Waals surface area contributed by atoms with E-state index in [1.165, 1.54) is 37.4 Å². The van der Waals surface area contributed by atoms with Crippen molar-refractivity contribution in [1.82, 2.24) is 0 Å². The average molecular weight is 611 g/mol. The van der Waals surface area contributed by atoms with Crippen LogP contribution in [0.15, 0.2) is 51.2 Å². The molecule has 1 fully saturated rings. The minimum Gasteiger partial charge on any atom is -0.508 e. The Morgan fingerprint density at radius 1 is 1.18 bits per heavy atom. The normalized spacial score (nSPS) is 21.0. The summed E-state index contributed by atoms with van der Waals surface area (Å²) in [6.45, 7) is 9.20. The molecule has 2 amide bonds. The number of benzene rings is 2. The van der Waals surface area contributed by atoms with Crippen LogP contribution in [0.25, 0.3) is 11.0 Å². The van der Waals surface area contributed by atoms with E-state index in [0.29, 0.717) is 24.0 Å². The van der Waals surface area contributed by atoms with Crippen LogP contribution < -0.4 is 21.4 Å². The van der Waals surface area contributed by atoms with Crippen molar-refractivity contribution in [3.63, 3.8) is 0 Å². The van der Waals surface area contributed by atoms with E-state index in [9.17, 15) is 29.7 Å². The highest BCUT2D eigenvalue weighted by Gasteiger charge is 2.52. The minimum absolute atomic E-state index is 0.0147. The number of hydrogen-bond donors (Lipinski definition) is 5. The van der Waals surface area contributed by atoms with Gasteiger partial charge in [-0.2, -0.15) is 0 Å². The van der Waals surface area contributed by atoms with E-state index < -0.39 is 58.9 Å². The number of aliphatic hydroxyl groups is 1. The summed E-state index contributed by atoms with van der Waals surface area (Å²) in [5.41, 5.74) is 5.30. The second-order valence-corrected chi connectivity index (χ2v) is 11.9. The van der Waals surface area contributed by atoms with E-state index in [1.807, 2.05) is 33.8 Å². The first-order valence-corrected chi connectivity index (χ1v) is 14.0. The Morgan fingerprint density at radius 2 is 1.89 bits per heavy atom. The van der Waals surface area contributed by atoms with Crippen molar-refractivity contribution < 1.29 is 43.5 Å². The number of hydrogen-bond acceptors (Lipinski definition) is 10. The van der Waals surface area contributed by atoms with Gasteiger partial charge >= 0.3 is 11.7 Å². The molecule has 1 saturated carbocycles. The first-order valence-electron chi connectivity index (χ1n) is 14.0. The summed E-state index contributed by atoms with van der Waals surface area (Å²) in [6, 6.07) is 7.29. The zero-order valence-corrected chi connectivity index (χ0v) is 25.5. The summed E-state index contributed by atoms with van der Waals surface area (Å²) in [7, 11) is 1.45.